The second-order valence-electron chi connectivity index (χ2n) is 5.27. The summed E-state index contributed by atoms with van der Waals surface area (Å²) >= 11 is 0. The van der Waals surface area contributed by atoms with Gasteiger partial charge in [0.1, 0.15) is 5.82 Å². The Labute approximate surface area is 98.7 Å². The minimum Gasteiger partial charge on any atom is -0.356 e. The van der Waals surface area contributed by atoms with Crippen molar-refractivity contribution in [1.82, 2.24) is 4.98 Å². The number of rotatable bonds is 3. The fraction of sp³-hybridized carbons (Fsp3) is 0.643. The molecule has 0 aliphatic carbocycles. The number of hydrogen-bond acceptors (Lipinski definition) is 2. The quantitative estimate of drug-likeness (QED) is 0.773. The van der Waals surface area contributed by atoms with Crippen LogP contribution in [0.1, 0.15) is 33.1 Å². The van der Waals surface area contributed by atoms with E-state index in [1.54, 1.807) is 0 Å². The molecule has 0 saturated carbocycles. The van der Waals surface area contributed by atoms with Gasteiger partial charge in [0.05, 0.1) is 0 Å². The van der Waals surface area contributed by atoms with Crippen LogP contribution in [0.25, 0.3) is 0 Å². The van der Waals surface area contributed by atoms with E-state index >= 15 is 0 Å². The molecule has 0 radical (unpaired) electrons. The Balaban J connectivity index is 1.97. The molecule has 88 valence electrons. The third-order valence-electron chi connectivity index (χ3n) is 3.30. The maximum Gasteiger partial charge on any atom is 0.128 e. The lowest BCUT2D eigenvalue weighted by molar-refractivity contribution is 0.346. The van der Waals surface area contributed by atoms with Gasteiger partial charge >= 0.3 is 0 Å². The van der Waals surface area contributed by atoms with Gasteiger partial charge < -0.3 is 4.90 Å². The Hall–Kier alpha value is -1.05. The smallest absolute Gasteiger partial charge is 0.128 e. The summed E-state index contributed by atoms with van der Waals surface area (Å²) in [5.41, 5.74) is 0. The highest BCUT2D eigenvalue weighted by atomic mass is 15.2. The zero-order valence-electron chi connectivity index (χ0n) is 10.4. The lowest BCUT2D eigenvalue weighted by Crippen LogP contribution is -2.36. The van der Waals surface area contributed by atoms with Gasteiger partial charge in [-0.3, -0.25) is 0 Å². The third kappa shape index (κ3) is 2.97. The van der Waals surface area contributed by atoms with Crippen LogP contribution in [0, 0.1) is 11.8 Å². The average molecular weight is 218 g/mol. The van der Waals surface area contributed by atoms with Crippen molar-refractivity contribution < 1.29 is 0 Å². The molecule has 16 heavy (non-hydrogen) atoms. The fourth-order valence-electron chi connectivity index (χ4n) is 2.67. The van der Waals surface area contributed by atoms with Crippen molar-refractivity contribution in [2.45, 2.75) is 33.1 Å². The number of nitrogens with zero attached hydrogens (tertiary/aromatic N) is 2. The minimum absolute atomic E-state index is 0.814. The summed E-state index contributed by atoms with van der Waals surface area (Å²) in [7, 11) is 0. The van der Waals surface area contributed by atoms with Gasteiger partial charge in [0.15, 0.2) is 0 Å². The number of anilines is 1. The van der Waals surface area contributed by atoms with E-state index < -0.39 is 0 Å². The largest absolute Gasteiger partial charge is 0.356 e. The van der Waals surface area contributed by atoms with Crippen LogP contribution in [0.2, 0.25) is 0 Å². The maximum absolute atomic E-state index is 4.44. The molecule has 2 heterocycles. The van der Waals surface area contributed by atoms with Crippen molar-refractivity contribution >= 4 is 5.82 Å². The first-order valence-electron chi connectivity index (χ1n) is 6.41. The molecule has 0 bridgehead atoms. The second-order valence-corrected chi connectivity index (χ2v) is 5.27. The Morgan fingerprint density at radius 2 is 2.31 bits per heavy atom. The predicted molar refractivity (Wildman–Crippen MR) is 68.6 cm³/mol. The first-order chi connectivity index (χ1) is 7.75. The van der Waals surface area contributed by atoms with Crippen LogP contribution < -0.4 is 4.90 Å². The van der Waals surface area contributed by atoms with E-state index in [1.165, 1.54) is 32.4 Å². The molecular weight excluding hydrogens is 196 g/mol. The predicted octanol–water partition coefficient (Wildman–Crippen LogP) is 3.34. The van der Waals surface area contributed by atoms with E-state index in [9.17, 15) is 0 Å². The molecule has 1 fully saturated rings. The van der Waals surface area contributed by atoms with Crippen LogP contribution in [-0.4, -0.2) is 18.1 Å². The molecule has 1 aliphatic rings. The Morgan fingerprint density at radius 1 is 1.44 bits per heavy atom. The summed E-state index contributed by atoms with van der Waals surface area (Å²) in [5.74, 6) is 2.82. The maximum atomic E-state index is 4.44. The van der Waals surface area contributed by atoms with Crippen LogP contribution in [0.3, 0.4) is 0 Å². The van der Waals surface area contributed by atoms with E-state index in [2.05, 4.69) is 35.9 Å². The van der Waals surface area contributed by atoms with Crippen molar-refractivity contribution in [3.8, 4) is 0 Å². The number of aromatic nitrogens is 1. The standard InChI is InChI=1S/C14H22N2/c1-12(2)10-13-6-5-9-16(11-13)14-7-3-4-8-15-14/h3-4,7-8,12-13H,5-6,9-11H2,1-2H3. The van der Waals surface area contributed by atoms with Crippen molar-refractivity contribution in [2.75, 3.05) is 18.0 Å². The summed E-state index contributed by atoms with van der Waals surface area (Å²) in [6, 6.07) is 6.19. The highest BCUT2D eigenvalue weighted by Crippen LogP contribution is 2.25. The van der Waals surface area contributed by atoms with E-state index in [1.807, 2.05) is 12.3 Å². The lowest BCUT2D eigenvalue weighted by atomic mass is 9.90. The minimum atomic E-state index is 0.814. The summed E-state index contributed by atoms with van der Waals surface area (Å²) in [6.45, 7) is 7.00. The van der Waals surface area contributed by atoms with Gasteiger partial charge in [0, 0.05) is 19.3 Å². The molecule has 1 aliphatic heterocycles. The molecule has 2 nitrogen and oxygen atoms in total. The zero-order valence-corrected chi connectivity index (χ0v) is 10.4. The summed E-state index contributed by atoms with van der Waals surface area (Å²) in [5, 5.41) is 0. The molecule has 2 heteroatoms. The van der Waals surface area contributed by atoms with E-state index in [0.717, 1.165) is 17.7 Å². The number of piperidine rings is 1. The summed E-state index contributed by atoms with van der Waals surface area (Å²) < 4.78 is 0. The molecular formula is C14H22N2. The van der Waals surface area contributed by atoms with E-state index in [-0.39, 0.29) is 0 Å². The molecule has 1 atom stereocenters. The highest BCUT2D eigenvalue weighted by molar-refractivity contribution is 5.38. The third-order valence-corrected chi connectivity index (χ3v) is 3.30. The second kappa shape index (κ2) is 5.33. The zero-order chi connectivity index (χ0) is 11.4. The normalized spacial score (nSPS) is 21.4. The van der Waals surface area contributed by atoms with Crippen LogP contribution in [-0.2, 0) is 0 Å². The van der Waals surface area contributed by atoms with E-state index in [4.69, 9.17) is 0 Å². The number of pyridine rings is 1. The van der Waals surface area contributed by atoms with Gasteiger partial charge in [-0.25, -0.2) is 4.98 Å². The first kappa shape index (κ1) is 11.4. The molecule has 0 aromatic carbocycles. The first-order valence-corrected chi connectivity index (χ1v) is 6.41. The van der Waals surface area contributed by atoms with Crippen molar-refractivity contribution in [3.63, 3.8) is 0 Å². The molecule has 0 amide bonds. The van der Waals surface area contributed by atoms with Crippen molar-refractivity contribution in [2.24, 2.45) is 11.8 Å². The van der Waals surface area contributed by atoms with Gasteiger partial charge in [0.25, 0.3) is 0 Å². The van der Waals surface area contributed by atoms with Gasteiger partial charge in [-0.15, -0.1) is 0 Å². The van der Waals surface area contributed by atoms with Crippen LogP contribution >= 0.6 is 0 Å². The van der Waals surface area contributed by atoms with Gasteiger partial charge in [0.2, 0.25) is 0 Å². The molecule has 1 unspecified atom stereocenters. The van der Waals surface area contributed by atoms with Crippen molar-refractivity contribution in [1.29, 1.82) is 0 Å². The topological polar surface area (TPSA) is 16.1 Å². The Bertz CT molecular complexity index is 308. The molecule has 0 N–H and O–H groups in total. The summed E-state index contributed by atoms with van der Waals surface area (Å²) in [6.07, 6.45) is 5.94. The van der Waals surface area contributed by atoms with E-state index in [0.29, 0.717) is 0 Å². The Kier molecular flexibility index (Phi) is 3.81. The fourth-order valence-corrected chi connectivity index (χ4v) is 2.67. The van der Waals surface area contributed by atoms with Gasteiger partial charge in [-0.05, 0) is 43.2 Å². The number of hydrogen-bond donors (Lipinski definition) is 0. The average Bonchev–Trinajstić information content (AvgIpc) is 2.30. The van der Waals surface area contributed by atoms with Gasteiger partial charge in [-0.1, -0.05) is 19.9 Å². The highest BCUT2D eigenvalue weighted by Gasteiger charge is 2.21. The monoisotopic (exact) mass is 218 g/mol. The lowest BCUT2D eigenvalue weighted by Gasteiger charge is -2.34. The molecule has 1 aromatic rings. The molecule has 0 spiro atoms. The van der Waals surface area contributed by atoms with Gasteiger partial charge in [-0.2, -0.15) is 0 Å². The molecule has 2 rings (SSSR count). The summed E-state index contributed by atoms with van der Waals surface area (Å²) in [4.78, 5) is 6.88. The van der Waals surface area contributed by atoms with Crippen molar-refractivity contribution in [3.05, 3.63) is 24.4 Å². The molecule has 1 aromatic heterocycles. The molecule has 1 saturated heterocycles. The SMILES string of the molecule is CC(C)CC1CCCN(c2ccccn2)C1. The Morgan fingerprint density at radius 3 is 3.00 bits per heavy atom. The van der Waals surface area contributed by atoms with Crippen LogP contribution in [0.5, 0.6) is 0 Å². The van der Waals surface area contributed by atoms with Crippen LogP contribution in [0.4, 0.5) is 5.82 Å². The van der Waals surface area contributed by atoms with Crippen LogP contribution in [0.15, 0.2) is 24.4 Å².